The van der Waals surface area contributed by atoms with Crippen molar-refractivity contribution in [3.8, 4) is 5.75 Å². The van der Waals surface area contributed by atoms with Crippen LogP contribution in [0.5, 0.6) is 5.75 Å². The SMILES string of the molecule is CCOc1ccccc1/C=N\NC(=O)c1cccn(C(C)C)c1=O. The van der Waals surface area contributed by atoms with E-state index in [1.165, 1.54) is 16.8 Å². The van der Waals surface area contributed by atoms with Crippen molar-refractivity contribution in [3.05, 3.63) is 64.1 Å². The van der Waals surface area contributed by atoms with Crippen LogP contribution >= 0.6 is 0 Å². The maximum absolute atomic E-state index is 12.3. The Balaban J connectivity index is 2.14. The van der Waals surface area contributed by atoms with Gasteiger partial charge in [-0.15, -0.1) is 0 Å². The molecule has 2 rings (SSSR count). The Hall–Kier alpha value is -2.89. The van der Waals surface area contributed by atoms with Crippen LogP contribution in [0.3, 0.4) is 0 Å². The number of para-hydroxylation sites is 1. The summed E-state index contributed by atoms with van der Waals surface area (Å²) in [5.74, 6) is 0.139. The van der Waals surface area contributed by atoms with Crippen LogP contribution in [0.15, 0.2) is 52.5 Å². The Morgan fingerprint density at radius 1 is 1.29 bits per heavy atom. The van der Waals surface area contributed by atoms with E-state index in [1.54, 1.807) is 12.3 Å². The van der Waals surface area contributed by atoms with E-state index in [1.807, 2.05) is 45.0 Å². The van der Waals surface area contributed by atoms with Crippen LogP contribution in [0.1, 0.15) is 42.7 Å². The normalized spacial score (nSPS) is 11.0. The van der Waals surface area contributed by atoms with Crippen LogP contribution < -0.4 is 15.7 Å². The second kappa shape index (κ2) is 8.10. The molecular formula is C18H21N3O3. The fourth-order valence-corrected chi connectivity index (χ4v) is 2.18. The number of rotatable bonds is 6. The van der Waals surface area contributed by atoms with Crippen LogP contribution in [0.4, 0.5) is 0 Å². The molecule has 1 N–H and O–H groups in total. The Labute approximate surface area is 140 Å². The van der Waals surface area contributed by atoms with E-state index in [-0.39, 0.29) is 17.2 Å². The molecule has 0 aliphatic carbocycles. The standard InChI is InChI=1S/C18H21N3O3/c1-4-24-16-10-6-5-8-14(16)12-19-20-17(22)15-9-7-11-21(13(2)3)18(15)23/h5-13H,4H2,1-3H3,(H,20,22)/b19-12-. The van der Waals surface area contributed by atoms with Gasteiger partial charge in [0.2, 0.25) is 0 Å². The molecule has 0 unspecified atom stereocenters. The summed E-state index contributed by atoms with van der Waals surface area (Å²) in [7, 11) is 0. The molecule has 0 fully saturated rings. The predicted molar refractivity (Wildman–Crippen MR) is 93.8 cm³/mol. The molecule has 0 saturated carbocycles. The quantitative estimate of drug-likeness (QED) is 0.655. The number of amides is 1. The summed E-state index contributed by atoms with van der Waals surface area (Å²) >= 11 is 0. The highest BCUT2D eigenvalue weighted by atomic mass is 16.5. The number of ether oxygens (including phenoxy) is 1. The minimum atomic E-state index is -0.542. The smallest absolute Gasteiger partial charge is 0.276 e. The molecule has 6 heteroatoms. The molecule has 24 heavy (non-hydrogen) atoms. The molecule has 0 aliphatic heterocycles. The van der Waals surface area contributed by atoms with Crippen molar-refractivity contribution >= 4 is 12.1 Å². The first-order valence-electron chi connectivity index (χ1n) is 7.81. The fourth-order valence-electron chi connectivity index (χ4n) is 2.18. The van der Waals surface area contributed by atoms with Crippen molar-refractivity contribution in [2.24, 2.45) is 5.10 Å². The average molecular weight is 327 g/mol. The summed E-state index contributed by atoms with van der Waals surface area (Å²) in [5, 5.41) is 3.92. The Morgan fingerprint density at radius 3 is 2.75 bits per heavy atom. The van der Waals surface area contributed by atoms with Crippen molar-refractivity contribution in [2.75, 3.05) is 6.61 Å². The number of hydrogen-bond donors (Lipinski definition) is 1. The number of nitrogens with one attached hydrogen (secondary N) is 1. The van der Waals surface area contributed by atoms with Gasteiger partial charge in [0, 0.05) is 17.8 Å². The zero-order valence-corrected chi connectivity index (χ0v) is 14.0. The van der Waals surface area contributed by atoms with Crippen LogP contribution in [0.2, 0.25) is 0 Å². The summed E-state index contributed by atoms with van der Waals surface area (Å²) in [6.45, 7) is 6.19. The highest BCUT2D eigenvalue weighted by Crippen LogP contribution is 2.15. The lowest BCUT2D eigenvalue weighted by Crippen LogP contribution is -2.31. The topological polar surface area (TPSA) is 72.7 Å². The first-order valence-corrected chi connectivity index (χ1v) is 7.81. The third kappa shape index (κ3) is 4.10. The van der Waals surface area contributed by atoms with Crippen molar-refractivity contribution < 1.29 is 9.53 Å². The molecule has 1 amide bonds. The van der Waals surface area contributed by atoms with Crippen LogP contribution in [0.25, 0.3) is 0 Å². The molecule has 0 spiro atoms. The van der Waals surface area contributed by atoms with E-state index < -0.39 is 5.91 Å². The van der Waals surface area contributed by atoms with Gasteiger partial charge in [-0.25, -0.2) is 5.43 Å². The third-order valence-corrected chi connectivity index (χ3v) is 3.36. The summed E-state index contributed by atoms with van der Waals surface area (Å²) in [4.78, 5) is 24.4. The minimum absolute atomic E-state index is 0.0215. The van der Waals surface area contributed by atoms with E-state index in [0.717, 1.165) is 5.56 Å². The number of carbonyl (C=O) groups excluding carboxylic acids is 1. The molecule has 2 aromatic rings. The van der Waals surface area contributed by atoms with Crippen LogP contribution in [0, 0.1) is 0 Å². The zero-order chi connectivity index (χ0) is 17.5. The van der Waals surface area contributed by atoms with Gasteiger partial charge < -0.3 is 9.30 Å². The molecule has 0 saturated heterocycles. The van der Waals surface area contributed by atoms with Crippen molar-refractivity contribution in [3.63, 3.8) is 0 Å². The van der Waals surface area contributed by atoms with Crippen molar-refractivity contribution in [1.29, 1.82) is 0 Å². The summed E-state index contributed by atoms with van der Waals surface area (Å²) < 4.78 is 6.99. The Morgan fingerprint density at radius 2 is 2.04 bits per heavy atom. The van der Waals surface area contributed by atoms with Gasteiger partial charge in [-0.2, -0.15) is 5.10 Å². The molecule has 1 heterocycles. The van der Waals surface area contributed by atoms with E-state index >= 15 is 0 Å². The van der Waals surface area contributed by atoms with E-state index in [2.05, 4.69) is 10.5 Å². The molecule has 6 nitrogen and oxygen atoms in total. The molecule has 0 radical (unpaired) electrons. The average Bonchev–Trinajstić information content (AvgIpc) is 2.56. The monoisotopic (exact) mass is 327 g/mol. The van der Waals surface area contributed by atoms with Gasteiger partial charge in [-0.1, -0.05) is 12.1 Å². The maximum atomic E-state index is 12.3. The number of benzene rings is 1. The summed E-state index contributed by atoms with van der Waals surface area (Å²) in [6.07, 6.45) is 3.15. The summed E-state index contributed by atoms with van der Waals surface area (Å²) in [5.41, 5.74) is 2.85. The second-order valence-electron chi connectivity index (χ2n) is 5.40. The van der Waals surface area contributed by atoms with Crippen molar-refractivity contribution in [1.82, 2.24) is 9.99 Å². The number of hydrogen-bond acceptors (Lipinski definition) is 4. The lowest BCUT2D eigenvalue weighted by atomic mass is 10.2. The van der Waals surface area contributed by atoms with E-state index in [4.69, 9.17) is 4.74 Å². The molecule has 126 valence electrons. The van der Waals surface area contributed by atoms with Gasteiger partial charge in [0.15, 0.2) is 0 Å². The first-order chi connectivity index (χ1) is 11.5. The minimum Gasteiger partial charge on any atom is -0.493 e. The molecule has 1 aromatic heterocycles. The van der Waals surface area contributed by atoms with Crippen LogP contribution in [-0.2, 0) is 0 Å². The number of nitrogens with zero attached hydrogens (tertiary/aromatic N) is 2. The fraction of sp³-hybridized carbons (Fsp3) is 0.278. The molecule has 0 aliphatic rings. The molecule has 0 atom stereocenters. The number of pyridine rings is 1. The molecular weight excluding hydrogens is 306 g/mol. The van der Waals surface area contributed by atoms with Gasteiger partial charge >= 0.3 is 0 Å². The van der Waals surface area contributed by atoms with Gasteiger partial charge in [0.05, 0.1) is 12.8 Å². The number of carbonyl (C=O) groups is 1. The summed E-state index contributed by atoms with van der Waals surface area (Å²) in [6, 6.07) is 10.5. The lowest BCUT2D eigenvalue weighted by Gasteiger charge is -2.10. The largest absolute Gasteiger partial charge is 0.493 e. The van der Waals surface area contributed by atoms with Gasteiger partial charge in [-0.3, -0.25) is 9.59 Å². The molecule has 0 bridgehead atoms. The Kier molecular flexibility index (Phi) is 5.89. The second-order valence-corrected chi connectivity index (χ2v) is 5.40. The van der Waals surface area contributed by atoms with Gasteiger partial charge in [0.1, 0.15) is 11.3 Å². The first kappa shape index (κ1) is 17.5. The number of aromatic nitrogens is 1. The van der Waals surface area contributed by atoms with Crippen molar-refractivity contribution in [2.45, 2.75) is 26.8 Å². The Bertz CT molecular complexity index is 794. The highest BCUT2D eigenvalue weighted by Gasteiger charge is 2.12. The predicted octanol–water partition coefficient (Wildman–Crippen LogP) is 2.59. The van der Waals surface area contributed by atoms with E-state index in [9.17, 15) is 9.59 Å². The highest BCUT2D eigenvalue weighted by molar-refractivity contribution is 5.94. The third-order valence-electron chi connectivity index (χ3n) is 3.36. The van der Waals surface area contributed by atoms with Crippen LogP contribution in [-0.4, -0.2) is 23.3 Å². The maximum Gasteiger partial charge on any atom is 0.276 e. The van der Waals surface area contributed by atoms with Gasteiger partial charge in [0.25, 0.3) is 11.5 Å². The molecule has 1 aromatic carbocycles. The zero-order valence-electron chi connectivity index (χ0n) is 14.0. The van der Waals surface area contributed by atoms with Gasteiger partial charge in [-0.05, 0) is 45.0 Å². The lowest BCUT2D eigenvalue weighted by molar-refractivity contribution is 0.0953. The number of hydrazone groups is 1. The van der Waals surface area contributed by atoms with E-state index in [0.29, 0.717) is 12.4 Å².